The van der Waals surface area contributed by atoms with Crippen LogP contribution in [0, 0.1) is 0 Å². The van der Waals surface area contributed by atoms with Crippen LogP contribution in [0.3, 0.4) is 0 Å². The Kier molecular flexibility index (Phi) is 3.47. The topological polar surface area (TPSA) is 83.2 Å². The fraction of sp³-hybridized carbons (Fsp3) is 0.182. The van der Waals surface area contributed by atoms with E-state index in [9.17, 15) is 0 Å². The van der Waals surface area contributed by atoms with E-state index in [0.29, 0.717) is 22.2 Å². The predicted molar refractivity (Wildman–Crippen MR) is 67.8 cm³/mol. The minimum atomic E-state index is 0.0684. The molecular weight excluding hydrogens is 256 g/mol. The van der Waals surface area contributed by atoms with Crippen LogP contribution in [0.15, 0.2) is 18.2 Å². The minimum absolute atomic E-state index is 0.0684. The lowest BCUT2D eigenvalue weighted by Gasteiger charge is -2.08. The average molecular weight is 267 g/mol. The highest BCUT2D eigenvalue weighted by Crippen LogP contribution is 2.30. The Bertz CT molecular complexity index is 577. The van der Waals surface area contributed by atoms with Gasteiger partial charge in [-0.3, -0.25) is 0 Å². The summed E-state index contributed by atoms with van der Waals surface area (Å²) >= 11 is 5.95. The van der Waals surface area contributed by atoms with Crippen LogP contribution < -0.4 is 15.2 Å². The van der Waals surface area contributed by atoms with Gasteiger partial charge in [0.15, 0.2) is 5.82 Å². The Hall–Kier alpha value is -2.08. The maximum Gasteiger partial charge on any atom is 0.321 e. The first-order valence-electron chi connectivity index (χ1n) is 5.03. The van der Waals surface area contributed by atoms with Gasteiger partial charge in [-0.25, -0.2) is 0 Å². The molecule has 0 saturated carbocycles. The van der Waals surface area contributed by atoms with Crippen LogP contribution in [0.4, 0.5) is 5.95 Å². The van der Waals surface area contributed by atoms with Crippen molar-refractivity contribution in [3.63, 3.8) is 0 Å². The first-order valence-corrected chi connectivity index (χ1v) is 5.41. The second-order valence-corrected chi connectivity index (χ2v) is 3.78. The second-order valence-electron chi connectivity index (χ2n) is 3.35. The van der Waals surface area contributed by atoms with Crippen LogP contribution in [0.5, 0.6) is 11.8 Å². The molecule has 94 valence electrons. The molecule has 2 N–H and O–H groups in total. The number of anilines is 1. The maximum atomic E-state index is 5.95. The number of nitrogens with two attached hydrogens (primary N) is 1. The number of methoxy groups -OCH3 is 2. The highest BCUT2D eigenvalue weighted by atomic mass is 35.5. The molecule has 0 radical (unpaired) electrons. The maximum absolute atomic E-state index is 5.95. The number of hydrogen-bond donors (Lipinski definition) is 1. The molecule has 0 aliphatic carbocycles. The van der Waals surface area contributed by atoms with Crippen molar-refractivity contribution in [3.8, 4) is 23.1 Å². The lowest BCUT2D eigenvalue weighted by atomic mass is 10.2. The number of halogens is 1. The summed E-state index contributed by atoms with van der Waals surface area (Å²) in [4.78, 5) is 12.0. The summed E-state index contributed by atoms with van der Waals surface area (Å²) in [6.45, 7) is 0. The van der Waals surface area contributed by atoms with Gasteiger partial charge in [-0.15, -0.1) is 0 Å². The Morgan fingerprint density at radius 3 is 2.56 bits per heavy atom. The number of nitrogens with zero attached hydrogens (tertiary/aromatic N) is 3. The molecule has 0 fully saturated rings. The van der Waals surface area contributed by atoms with Gasteiger partial charge in [0.25, 0.3) is 0 Å². The summed E-state index contributed by atoms with van der Waals surface area (Å²) < 4.78 is 10.2. The van der Waals surface area contributed by atoms with Crippen LogP contribution in [-0.4, -0.2) is 29.2 Å². The van der Waals surface area contributed by atoms with Crippen molar-refractivity contribution in [2.24, 2.45) is 0 Å². The summed E-state index contributed by atoms with van der Waals surface area (Å²) in [5.41, 5.74) is 6.21. The van der Waals surface area contributed by atoms with E-state index in [0.717, 1.165) is 0 Å². The zero-order valence-corrected chi connectivity index (χ0v) is 10.6. The molecule has 0 aliphatic heterocycles. The molecule has 0 spiro atoms. The Morgan fingerprint density at radius 1 is 1.11 bits per heavy atom. The molecule has 1 heterocycles. The van der Waals surface area contributed by atoms with E-state index in [1.807, 2.05) is 0 Å². The number of nitrogen functional groups attached to an aromatic ring is 1. The van der Waals surface area contributed by atoms with Gasteiger partial charge in [0.2, 0.25) is 5.95 Å². The lowest BCUT2D eigenvalue weighted by Crippen LogP contribution is -2.03. The van der Waals surface area contributed by atoms with Crippen molar-refractivity contribution < 1.29 is 9.47 Å². The van der Waals surface area contributed by atoms with Crippen molar-refractivity contribution >= 4 is 17.5 Å². The number of aromatic nitrogens is 3. The molecule has 1 aromatic heterocycles. The van der Waals surface area contributed by atoms with Gasteiger partial charge in [-0.05, 0) is 18.2 Å². The molecule has 0 bridgehead atoms. The SMILES string of the molecule is COc1nc(N)nc(-c2cc(Cl)ccc2OC)n1. The normalized spacial score (nSPS) is 10.2. The molecule has 2 aromatic rings. The number of benzene rings is 1. The van der Waals surface area contributed by atoms with E-state index in [1.165, 1.54) is 7.11 Å². The van der Waals surface area contributed by atoms with Crippen molar-refractivity contribution in [1.29, 1.82) is 0 Å². The Balaban J connectivity index is 2.60. The van der Waals surface area contributed by atoms with Gasteiger partial charge < -0.3 is 15.2 Å². The molecular formula is C11H11ClN4O2. The molecule has 7 heteroatoms. The predicted octanol–water partition coefficient (Wildman–Crippen LogP) is 1.79. The molecule has 18 heavy (non-hydrogen) atoms. The largest absolute Gasteiger partial charge is 0.496 e. The summed E-state index contributed by atoms with van der Waals surface area (Å²) in [7, 11) is 3.00. The first kappa shape index (κ1) is 12.4. The van der Waals surface area contributed by atoms with Gasteiger partial charge in [0.05, 0.1) is 19.8 Å². The lowest BCUT2D eigenvalue weighted by molar-refractivity contribution is 0.379. The van der Waals surface area contributed by atoms with Gasteiger partial charge >= 0.3 is 6.01 Å². The van der Waals surface area contributed by atoms with E-state index in [2.05, 4.69) is 15.0 Å². The molecule has 1 aromatic carbocycles. The first-order chi connectivity index (χ1) is 8.63. The second kappa shape index (κ2) is 5.05. The van der Waals surface area contributed by atoms with Gasteiger partial charge in [-0.2, -0.15) is 15.0 Å². The van der Waals surface area contributed by atoms with Gasteiger partial charge in [0.1, 0.15) is 5.75 Å². The molecule has 0 saturated heterocycles. The highest BCUT2D eigenvalue weighted by Gasteiger charge is 2.12. The van der Waals surface area contributed by atoms with Gasteiger partial charge in [-0.1, -0.05) is 11.6 Å². The molecule has 0 amide bonds. The van der Waals surface area contributed by atoms with Crippen LogP contribution in [0.1, 0.15) is 0 Å². The third kappa shape index (κ3) is 2.43. The third-order valence-corrected chi connectivity index (χ3v) is 2.45. The number of hydrogen-bond acceptors (Lipinski definition) is 6. The zero-order valence-electron chi connectivity index (χ0n) is 9.85. The number of ether oxygens (including phenoxy) is 2. The zero-order chi connectivity index (χ0) is 13.1. The molecule has 0 atom stereocenters. The van der Waals surface area contributed by atoms with E-state index in [4.69, 9.17) is 26.8 Å². The van der Waals surface area contributed by atoms with Crippen molar-refractivity contribution in [2.75, 3.05) is 20.0 Å². The number of rotatable bonds is 3. The third-order valence-electron chi connectivity index (χ3n) is 2.22. The van der Waals surface area contributed by atoms with E-state index < -0.39 is 0 Å². The van der Waals surface area contributed by atoms with Crippen LogP contribution in [0.25, 0.3) is 11.4 Å². The highest BCUT2D eigenvalue weighted by molar-refractivity contribution is 6.30. The standard InChI is InChI=1S/C11H11ClN4O2/c1-17-8-4-3-6(12)5-7(8)9-14-10(13)16-11(15-9)18-2/h3-5H,1-2H3,(H2,13,14,15,16). The summed E-state index contributed by atoms with van der Waals surface area (Å²) in [6.07, 6.45) is 0. The van der Waals surface area contributed by atoms with Gasteiger partial charge in [0, 0.05) is 5.02 Å². The summed E-state index contributed by atoms with van der Waals surface area (Å²) in [5, 5.41) is 0.545. The molecule has 6 nitrogen and oxygen atoms in total. The fourth-order valence-electron chi connectivity index (χ4n) is 1.44. The Morgan fingerprint density at radius 2 is 1.89 bits per heavy atom. The van der Waals surface area contributed by atoms with Crippen LogP contribution >= 0.6 is 11.6 Å². The molecule has 2 rings (SSSR count). The summed E-state index contributed by atoms with van der Waals surface area (Å²) in [6, 6.07) is 5.27. The van der Waals surface area contributed by atoms with Crippen molar-refractivity contribution in [2.45, 2.75) is 0 Å². The average Bonchev–Trinajstić information content (AvgIpc) is 2.38. The molecule has 0 aliphatic rings. The summed E-state index contributed by atoms with van der Waals surface area (Å²) in [5.74, 6) is 1.00. The Labute approximate surface area is 109 Å². The van der Waals surface area contributed by atoms with Crippen molar-refractivity contribution in [3.05, 3.63) is 23.2 Å². The minimum Gasteiger partial charge on any atom is -0.496 e. The van der Waals surface area contributed by atoms with Crippen LogP contribution in [0.2, 0.25) is 5.02 Å². The van der Waals surface area contributed by atoms with E-state index >= 15 is 0 Å². The fourth-order valence-corrected chi connectivity index (χ4v) is 1.61. The smallest absolute Gasteiger partial charge is 0.321 e. The van der Waals surface area contributed by atoms with Crippen LogP contribution in [-0.2, 0) is 0 Å². The van der Waals surface area contributed by atoms with E-state index in [1.54, 1.807) is 25.3 Å². The van der Waals surface area contributed by atoms with Crippen molar-refractivity contribution in [1.82, 2.24) is 15.0 Å². The molecule has 0 unspecified atom stereocenters. The quantitative estimate of drug-likeness (QED) is 0.912. The van der Waals surface area contributed by atoms with E-state index in [-0.39, 0.29) is 12.0 Å². The monoisotopic (exact) mass is 266 g/mol.